The monoisotopic (exact) mass is 324 g/mol. The van der Waals surface area contributed by atoms with Gasteiger partial charge in [-0.2, -0.15) is 0 Å². The van der Waals surface area contributed by atoms with Gasteiger partial charge in [0.1, 0.15) is 12.5 Å². The van der Waals surface area contributed by atoms with E-state index in [2.05, 4.69) is 6.58 Å². The lowest BCUT2D eigenvalue weighted by Gasteiger charge is -2.15. The summed E-state index contributed by atoms with van der Waals surface area (Å²) < 4.78 is 5.23. The van der Waals surface area contributed by atoms with E-state index in [0.717, 1.165) is 29.2 Å². The number of ether oxygens (including phenoxy) is 1. The minimum Gasteiger partial charge on any atom is -0.461 e. The minimum atomic E-state index is -0.745. The fraction of sp³-hybridized carbons (Fsp3) is 0.333. The summed E-state index contributed by atoms with van der Waals surface area (Å²) in [4.78, 5) is 25.2. The van der Waals surface area contributed by atoms with Crippen LogP contribution >= 0.6 is 0 Å². The van der Waals surface area contributed by atoms with Crippen LogP contribution in [0.4, 0.5) is 0 Å². The van der Waals surface area contributed by atoms with Gasteiger partial charge in [0.25, 0.3) is 0 Å². The molecule has 0 N–H and O–H groups in total. The van der Waals surface area contributed by atoms with Crippen molar-refractivity contribution < 1.29 is 14.3 Å². The van der Waals surface area contributed by atoms with Gasteiger partial charge in [0.05, 0.1) is 0 Å². The molecule has 1 unspecified atom stereocenters. The molecule has 2 aromatic rings. The van der Waals surface area contributed by atoms with Crippen molar-refractivity contribution in [3.05, 3.63) is 60.2 Å². The molecule has 2 rings (SSSR count). The van der Waals surface area contributed by atoms with Gasteiger partial charge in [-0.3, -0.25) is 9.59 Å². The van der Waals surface area contributed by atoms with E-state index in [4.69, 9.17) is 4.74 Å². The number of carbonyl (C=O) groups is 2. The molecular weight excluding hydrogens is 300 g/mol. The van der Waals surface area contributed by atoms with Crippen LogP contribution in [0.1, 0.15) is 43.5 Å². The molecule has 0 bridgehead atoms. The molecule has 0 radical (unpaired) electrons. The van der Waals surface area contributed by atoms with E-state index in [1.807, 2.05) is 43.3 Å². The molecule has 1 atom stereocenters. The predicted molar refractivity (Wildman–Crippen MR) is 97.1 cm³/mol. The number of Topliss-reactive ketones (excluding diaryl/α,β-unsaturated/α-hetero) is 1. The highest BCUT2D eigenvalue weighted by Gasteiger charge is 2.28. The fourth-order valence-electron chi connectivity index (χ4n) is 2.60. The number of carbonyl (C=O) groups excluding carboxylic acids is 2. The van der Waals surface area contributed by atoms with Gasteiger partial charge in [-0.15, -0.1) is 0 Å². The SMILES string of the molecule is C=C(C)COC(=O)C(CCCC)C(=O)c1ccc2ccccc2c1. The topological polar surface area (TPSA) is 43.4 Å². The van der Waals surface area contributed by atoms with E-state index in [1.165, 1.54) is 0 Å². The Morgan fingerprint density at radius 2 is 1.83 bits per heavy atom. The lowest BCUT2D eigenvalue weighted by Crippen LogP contribution is -2.27. The molecule has 0 saturated carbocycles. The van der Waals surface area contributed by atoms with Crippen molar-refractivity contribution in [2.45, 2.75) is 33.1 Å². The molecule has 0 aliphatic rings. The van der Waals surface area contributed by atoms with Gasteiger partial charge in [-0.1, -0.05) is 62.7 Å². The highest BCUT2D eigenvalue weighted by molar-refractivity contribution is 6.10. The van der Waals surface area contributed by atoms with E-state index in [9.17, 15) is 9.59 Å². The number of hydrogen-bond acceptors (Lipinski definition) is 3. The Morgan fingerprint density at radius 1 is 1.12 bits per heavy atom. The zero-order valence-corrected chi connectivity index (χ0v) is 14.4. The third-order valence-electron chi connectivity index (χ3n) is 3.94. The molecule has 0 heterocycles. The lowest BCUT2D eigenvalue weighted by molar-refractivity contribution is -0.145. The Hall–Kier alpha value is -2.42. The molecule has 3 nitrogen and oxygen atoms in total. The summed E-state index contributed by atoms with van der Waals surface area (Å²) in [6, 6.07) is 13.4. The highest BCUT2D eigenvalue weighted by atomic mass is 16.5. The maximum atomic E-state index is 12.9. The number of rotatable bonds is 8. The molecule has 0 aliphatic heterocycles. The zero-order chi connectivity index (χ0) is 17.5. The average molecular weight is 324 g/mol. The Kier molecular flexibility index (Phi) is 6.30. The fourth-order valence-corrected chi connectivity index (χ4v) is 2.60. The van der Waals surface area contributed by atoms with Crippen molar-refractivity contribution in [1.82, 2.24) is 0 Å². The molecular formula is C21H24O3. The normalized spacial score (nSPS) is 11.9. The standard InChI is InChI=1S/C21H24O3/c1-4-5-10-19(21(23)24-14-15(2)3)20(22)18-12-11-16-8-6-7-9-17(16)13-18/h6-9,11-13,19H,2,4-5,10,14H2,1,3H3. The van der Waals surface area contributed by atoms with Crippen LogP contribution in [0.15, 0.2) is 54.6 Å². The molecule has 3 heteroatoms. The van der Waals surface area contributed by atoms with Crippen molar-refractivity contribution in [3.63, 3.8) is 0 Å². The van der Waals surface area contributed by atoms with Crippen molar-refractivity contribution >= 4 is 22.5 Å². The summed E-state index contributed by atoms with van der Waals surface area (Å²) in [6.07, 6.45) is 2.25. The number of benzene rings is 2. The van der Waals surface area contributed by atoms with Gasteiger partial charge in [-0.05, 0) is 35.8 Å². The van der Waals surface area contributed by atoms with Crippen LogP contribution in [0, 0.1) is 5.92 Å². The molecule has 0 spiro atoms. The summed E-state index contributed by atoms with van der Waals surface area (Å²) >= 11 is 0. The Labute approximate surface area is 143 Å². The van der Waals surface area contributed by atoms with Crippen molar-refractivity contribution in [3.8, 4) is 0 Å². The quantitative estimate of drug-likeness (QED) is 0.299. The number of esters is 1. The van der Waals surface area contributed by atoms with Crippen LogP contribution in [-0.4, -0.2) is 18.4 Å². The summed E-state index contributed by atoms with van der Waals surface area (Å²) in [5.74, 6) is -1.36. The molecule has 0 amide bonds. The van der Waals surface area contributed by atoms with Crippen LogP contribution in [0.3, 0.4) is 0 Å². The first-order valence-electron chi connectivity index (χ1n) is 8.37. The minimum absolute atomic E-state index is 0.159. The van der Waals surface area contributed by atoms with Crippen LogP contribution in [0.2, 0.25) is 0 Å². The van der Waals surface area contributed by atoms with Gasteiger partial charge in [-0.25, -0.2) is 0 Å². The van der Waals surface area contributed by atoms with Crippen LogP contribution in [0.25, 0.3) is 10.8 Å². The summed E-state index contributed by atoms with van der Waals surface area (Å²) in [5, 5.41) is 2.07. The Balaban J connectivity index is 2.24. The number of unbranched alkanes of at least 4 members (excludes halogenated alkanes) is 1. The number of ketones is 1. The smallest absolute Gasteiger partial charge is 0.317 e. The van der Waals surface area contributed by atoms with E-state index in [1.54, 1.807) is 13.0 Å². The first-order valence-corrected chi connectivity index (χ1v) is 8.37. The lowest BCUT2D eigenvalue weighted by atomic mass is 9.91. The Bertz CT molecular complexity index is 746. The molecule has 0 aliphatic carbocycles. The van der Waals surface area contributed by atoms with Gasteiger partial charge in [0, 0.05) is 5.56 Å². The summed E-state index contributed by atoms with van der Waals surface area (Å²) in [7, 11) is 0. The molecule has 126 valence electrons. The van der Waals surface area contributed by atoms with Crippen molar-refractivity contribution in [2.75, 3.05) is 6.61 Å². The maximum absolute atomic E-state index is 12.9. The van der Waals surface area contributed by atoms with E-state index < -0.39 is 11.9 Å². The van der Waals surface area contributed by atoms with Crippen LogP contribution in [0.5, 0.6) is 0 Å². The summed E-state index contributed by atoms with van der Waals surface area (Å²) in [6.45, 7) is 7.71. The second kappa shape index (κ2) is 8.44. The third kappa shape index (κ3) is 4.54. The first kappa shape index (κ1) is 17.9. The van der Waals surface area contributed by atoms with Gasteiger partial charge in [0.15, 0.2) is 5.78 Å². The number of hydrogen-bond donors (Lipinski definition) is 0. The predicted octanol–water partition coefficient (Wildman–Crippen LogP) is 4.95. The van der Waals surface area contributed by atoms with E-state index >= 15 is 0 Å². The van der Waals surface area contributed by atoms with Crippen LogP contribution < -0.4 is 0 Å². The number of fused-ring (bicyclic) bond motifs is 1. The third-order valence-corrected chi connectivity index (χ3v) is 3.94. The summed E-state index contributed by atoms with van der Waals surface area (Å²) in [5.41, 5.74) is 1.32. The van der Waals surface area contributed by atoms with E-state index in [-0.39, 0.29) is 12.4 Å². The average Bonchev–Trinajstić information content (AvgIpc) is 2.59. The van der Waals surface area contributed by atoms with Gasteiger partial charge in [0.2, 0.25) is 0 Å². The molecule has 2 aromatic carbocycles. The maximum Gasteiger partial charge on any atom is 0.317 e. The second-order valence-electron chi connectivity index (χ2n) is 6.19. The molecule has 0 aromatic heterocycles. The van der Waals surface area contributed by atoms with Crippen molar-refractivity contribution in [2.24, 2.45) is 5.92 Å². The zero-order valence-electron chi connectivity index (χ0n) is 14.4. The van der Waals surface area contributed by atoms with Crippen LogP contribution in [-0.2, 0) is 9.53 Å². The highest BCUT2D eigenvalue weighted by Crippen LogP contribution is 2.21. The van der Waals surface area contributed by atoms with Gasteiger partial charge < -0.3 is 4.74 Å². The largest absolute Gasteiger partial charge is 0.461 e. The molecule has 0 fully saturated rings. The first-order chi connectivity index (χ1) is 11.5. The van der Waals surface area contributed by atoms with Crippen molar-refractivity contribution in [1.29, 1.82) is 0 Å². The van der Waals surface area contributed by atoms with Gasteiger partial charge >= 0.3 is 5.97 Å². The van der Waals surface area contributed by atoms with E-state index in [0.29, 0.717) is 12.0 Å². The molecule has 0 saturated heterocycles. The Morgan fingerprint density at radius 3 is 2.50 bits per heavy atom. The molecule has 24 heavy (non-hydrogen) atoms. The second-order valence-corrected chi connectivity index (χ2v) is 6.19.